The number of fused-ring (bicyclic) bond motifs is 1. The summed E-state index contributed by atoms with van der Waals surface area (Å²) in [5.41, 5.74) is 4.23. The summed E-state index contributed by atoms with van der Waals surface area (Å²) >= 11 is 0. The van der Waals surface area contributed by atoms with E-state index in [1.54, 1.807) is 16.9 Å². The lowest BCUT2D eigenvalue weighted by Crippen LogP contribution is -2.48. The van der Waals surface area contributed by atoms with Crippen LogP contribution in [0.15, 0.2) is 61.3 Å². The lowest BCUT2D eigenvalue weighted by Gasteiger charge is -2.38. The van der Waals surface area contributed by atoms with Crippen molar-refractivity contribution in [3.63, 3.8) is 0 Å². The highest BCUT2D eigenvalue weighted by Gasteiger charge is 2.37. The number of amides is 1. The van der Waals surface area contributed by atoms with Gasteiger partial charge in [-0.2, -0.15) is 19.0 Å². The van der Waals surface area contributed by atoms with Crippen molar-refractivity contribution in [2.75, 3.05) is 13.1 Å². The van der Waals surface area contributed by atoms with Gasteiger partial charge >= 0.3 is 6.55 Å². The molecule has 0 atom stereocenters. The van der Waals surface area contributed by atoms with Crippen LogP contribution in [-0.4, -0.2) is 48.4 Å². The minimum absolute atomic E-state index is 0.171. The fourth-order valence-electron chi connectivity index (χ4n) is 4.03. The lowest BCUT2D eigenvalue weighted by molar-refractivity contribution is -0.133. The molecule has 0 saturated carbocycles. The second-order valence-corrected chi connectivity index (χ2v) is 7.99. The fraction of sp³-hybridized carbons (Fsp3) is 0.217. The van der Waals surface area contributed by atoms with Crippen molar-refractivity contribution in [2.24, 2.45) is 0 Å². The second kappa shape index (κ2) is 7.88. The van der Waals surface area contributed by atoms with Crippen LogP contribution >= 0.6 is 0 Å². The van der Waals surface area contributed by atoms with Gasteiger partial charge < -0.3 is 4.90 Å². The molecule has 3 aromatic heterocycles. The van der Waals surface area contributed by atoms with E-state index in [1.807, 2.05) is 31.2 Å². The number of nitrogens with zero attached hydrogens (tertiary/aromatic N) is 6. The molecule has 33 heavy (non-hydrogen) atoms. The zero-order valence-electron chi connectivity index (χ0n) is 17.6. The first-order valence-electron chi connectivity index (χ1n) is 10.2. The fourth-order valence-corrected chi connectivity index (χ4v) is 4.03. The quantitative estimate of drug-likeness (QED) is 0.421. The van der Waals surface area contributed by atoms with Gasteiger partial charge in [-0.3, -0.25) is 4.79 Å². The molecule has 0 bridgehead atoms. The number of halogens is 3. The third-order valence-corrected chi connectivity index (χ3v) is 5.77. The van der Waals surface area contributed by atoms with Gasteiger partial charge in [-0.15, -0.1) is 0 Å². The van der Waals surface area contributed by atoms with Gasteiger partial charge in [0.15, 0.2) is 11.5 Å². The Morgan fingerprint density at radius 3 is 2.55 bits per heavy atom. The summed E-state index contributed by atoms with van der Waals surface area (Å²) in [6.07, 6.45) is 4.24. The largest absolute Gasteiger partial charge is 0.335 e. The van der Waals surface area contributed by atoms with Gasteiger partial charge in [0.25, 0.3) is 5.91 Å². The van der Waals surface area contributed by atoms with Crippen molar-refractivity contribution in [2.45, 2.75) is 19.4 Å². The van der Waals surface area contributed by atoms with Crippen molar-refractivity contribution < 1.29 is 18.0 Å². The monoisotopic (exact) mass is 452 g/mol. The summed E-state index contributed by atoms with van der Waals surface area (Å²) in [4.78, 5) is 17.8. The predicted molar refractivity (Wildman–Crippen MR) is 116 cm³/mol. The molecule has 0 unspecified atom stereocenters. The Bertz CT molecular complexity index is 1370. The summed E-state index contributed by atoms with van der Waals surface area (Å²) < 4.78 is 41.8. The number of alkyl halides is 2. The van der Waals surface area contributed by atoms with E-state index < -0.39 is 18.3 Å². The molecular formula is C23H19F3N6O. The van der Waals surface area contributed by atoms with Gasteiger partial charge in [0.1, 0.15) is 0 Å². The molecule has 0 N–H and O–H groups in total. The van der Waals surface area contributed by atoms with Crippen molar-refractivity contribution in [3.05, 3.63) is 72.6 Å². The van der Waals surface area contributed by atoms with E-state index in [1.165, 1.54) is 17.3 Å². The molecule has 4 heterocycles. The Balaban J connectivity index is 1.65. The van der Waals surface area contributed by atoms with Crippen LogP contribution in [0.5, 0.6) is 0 Å². The highest BCUT2D eigenvalue weighted by atomic mass is 19.3. The number of hydrogen-bond donors (Lipinski definition) is 0. The second-order valence-electron chi connectivity index (χ2n) is 7.99. The molecule has 1 aliphatic rings. The molecule has 0 radical (unpaired) electrons. The van der Waals surface area contributed by atoms with E-state index in [0.717, 1.165) is 11.3 Å². The zero-order chi connectivity index (χ0) is 23.3. The Labute approximate surface area is 186 Å². The van der Waals surface area contributed by atoms with Crippen LogP contribution in [0.25, 0.3) is 27.8 Å². The SMILES string of the molecule is C=C(F)C(=O)N1CC(c2nn(-c3ccc(C)cc3)c3nccc(-c4cnn(C(F)F)c4)c23)C1. The number of benzene rings is 1. The normalized spacial score (nSPS) is 14.2. The number of likely N-dealkylation sites (tertiary alicyclic amines) is 1. The first kappa shape index (κ1) is 20.9. The number of carbonyl (C=O) groups excluding carboxylic acids is 1. The number of carbonyl (C=O) groups is 1. The van der Waals surface area contributed by atoms with Crippen LogP contribution in [0.3, 0.4) is 0 Å². The average Bonchev–Trinajstić information content (AvgIpc) is 3.39. The number of aryl methyl sites for hydroxylation is 1. The van der Waals surface area contributed by atoms with Crippen LogP contribution in [0, 0.1) is 6.92 Å². The van der Waals surface area contributed by atoms with Crippen LogP contribution in [-0.2, 0) is 4.79 Å². The summed E-state index contributed by atoms with van der Waals surface area (Å²) in [5, 5.41) is 9.24. The molecular weight excluding hydrogens is 433 g/mol. The molecule has 1 amide bonds. The molecule has 1 aliphatic heterocycles. The first-order chi connectivity index (χ1) is 15.8. The Hall–Kier alpha value is -3.95. The standard InChI is InChI=1S/C23H19F3N6O/c1-13-3-5-17(6-4-13)32-21-19(20(29-32)16-10-30(11-16)22(33)14(2)24)18(7-8-27-21)15-9-28-31(12-15)23(25)26/h3-9,12,16,23H,2,10-11H2,1H3. The Kier molecular flexibility index (Phi) is 4.99. The maximum absolute atomic E-state index is 13.3. The first-order valence-corrected chi connectivity index (χ1v) is 10.2. The van der Waals surface area contributed by atoms with E-state index in [-0.39, 0.29) is 19.0 Å². The number of rotatable bonds is 5. The van der Waals surface area contributed by atoms with Crippen LogP contribution < -0.4 is 0 Å². The van der Waals surface area contributed by atoms with Gasteiger partial charge in [0.05, 0.1) is 23.0 Å². The summed E-state index contributed by atoms with van der Waals surface area (Å²) in [7, 11) is 0. The maximum Gasteiger partial charge on any atom is 0.333 e. The lowest BCUT2D eigenvalue weighted by atomic mass is 9.92. The van der Waals surface area contributed by atoms with Gasteiger partial charge in [0.2, 0.25) is 0 Å². The van der Waals surface area contributed by atoms with Crippen molar-refractivity contribution in [1.29, 1.82) is 0 Å². The summed E-state index contributed by atoms with van der Waals surface area (Å²) in [5.74, 6) is -1.93. The third-order valence-electron chi connectivity index (χ3n) is 5.77. The van der Waals surface area contributed by atoms with E-state index in [9.17, 15) is 18.0 Å². The summed E-state index contributed by atoms with van der Waals surface area (Å²) in [6, 6.07) is 9.47. The maximum atomic E-state index is 13.3. The van der Waals surface area contributed by atoms with Crippen molar-refractivity contribution in [1.82, 2.24) is 29.4 Å². The Morgan fingerprint density at radius 2 is 1.91 bits per heavy atom. The summed E-state index contributed by atoms with van der Waals surface area (Å²) in [6.45, 7) is 2.83. The molecule has 168 valence electrons. The predicted octanol–water partition coefficient (Wildman–Crippen LogP) is 4.40. The highest BCUT2D eigenvalue weighted by molar-refractivity contribution is 5.96. The number of aromatic nitrogens is 5. The molecule has 1 fully saturated rings. The Morgan fingerprint density at radius 1 is 1.18 bits per heavy atom. The molecule has 10 heteroatoms. The smallest absolute Gasteiger partial charge is 0.333 e. The van der Waals surface area contributed by atoms with E-state index in [2.05, 4.69) is 16.7 Å². The van der Waals surface area contributed by atoms with Gasteiger partial charge in [-0.25, -0.2) is 18.7 Å². The molecule has 0 aliphatic carbocycles. The van der Waals surface area contributed by atoms with Crippen LogP contribution in [0.2, 0.25) is 0 Å². The molecule has 1 aromatic carbocycles. The van der Waals surface area contributed by atoms with E-state index in [4.69, 9.17) is 5.10 Å². The zero-order valence-corrected chi connectivity index (χ0v) is 17.6. The van der Waals surface area contributed by atoms with Gasteiger partial charge in [0, 0.05) is 37.0 Å². The van der Waals surface area contributed by atoms with Gasteiger partial charge in [-0.1, -0.05) is 24.3 Å². The van der Waals surface area contributed by atoms with Crippen LogP contribution in [0.1, 0.15) is 23.7 Å². The average molecular weight is 452 g/mol. The van der Waals surface area contributed by atoms with Gasteiger partial charge in [-0.05, 0) is 30.7 Å². The molecule has 1 saturated heterocycles. The molecule has 5 rings (SSSR count). The number of hydrogen-bond acceptors (Lipinski definition) is 4. The highest BCUT2D eigenvalue weighted by Crippen LogP contribution is 2.38. The van der Waals surface area contributed by atoms with E-state index in [0.29, 0.717) is 32.5 Å². The van der Waals surface area contributed by atoms with Crippen LogP contribution in [0.4, 0.5) is 13.2 Å². The van der Waals surface area contributed by atoms with E-state index >= 15 is 0 Å². The molecule has 7 nitrogen and oxygen atoms in total. The minimum Gasteiger partial charge on any atom is -0.335 e. The minimum atomic E-state index is -2.76. The number of pyridine rings is 1. The van der Waals surface area contributed by atoms with Crippen molar-refractivity contribution in [3.8, 4) is 16.8 Å². The van der Waals surface area contributed by atoms with Crippen molar-refractivity contribution >= 4 is 16.9 Å². The molecule has 4 aromatic rings. The topological polar surface area (TPSA) is 68.8 Å². The molecule has 0 spiro atoms. The third kappa shape index (κ3) is 3.57.